The van der Waals surface area contributed by atoms with Crippen LogP contribution in [0.3, 0.4) is 0 Å². The molecule has 3 rings (SSSR count). The van der Waals surface area contributed by atoms with Crippen molar-refractivity contribution in [3.63, 3.8) is 0 Å². The van der Waals surface area contributed by atoms with Crippen molar-refractivity contribution in [2.75, 3.05) is 13.1 Å². The van der Waals surface area contributed by atoms with Crippen LogP contribution in [-0.2, 0) is 13.5 Å². The number of aryl methyl sites for hydroxylation is 2. The Hall–Kier alpha value is -1.06. The van der Waals surface area contributed by atoms with E-state index in [4.69, 9.17) is 16.6 Å². The van der Waals surface area contributed by atoms with Gasteiger partial charge >= 0.3 is 0 Å². The zero-order valence-corrected chi connectivity index (χ0v) is 11.6. The predicted molar refractivity (Wildman–Crippen MR) is 75.1 cm³/mol. The fourth-order valence-electron chi connectivity index (χ4n) is 2.81. The van der Waals surface area contributed by atoms with Crippen LogP contribution >= 0.6 is 11.6 Å². The fourth-order valence-corrected chi connectivity index (χ4v) is 3.20. The molecule has 1 N–H and O–H groups in total. The van der Waals surface area contributed by atoms with Gasteiger partial charge in [0.25, 0.3) is 0 Å². The van der Waals surface area contributed by atoms with Crippen molar-refractivity contribution in [3.05, 3.63) is 28.5 Å². The molecular formula is C14H18ClN3. The highest BCUT2D eigenvalue weighted by Crippen LogP contribution is 2.27. The number of hydrogen-bond donors (Lipinski definition) is 1. The first-order valence-corrected chi connectivity index (χ1v) is 6.85. The molecule has 0 saturated carbocycles. The number of imidazole rings is 1. The molecule has 1 unspecified atom stereocenters. The average Bonchev–Trinajstić information content (AvgIpc) is 2.88. The number of hydrogen-bond acceptors (Lipinski definition) is 2. The van der Waals surface area contributed by atoms with E-state index < -0.39 is 0 Å². The highest BCUT2D eigenvalue weighted by atomic mass is 35.5. The van der Waals surface area contributed by atoms with Gasteiger partial charge in [0.15, 0.2) is 0 Å². The molecule has 0 spiro atoms. The minimum absolute atomic E-state index is 0.709. The maximum absolute atomic E-state index is 6.32. The zero-order chi connectivity index (χ0) is 12.7. The Morgan fingerprint density at radius 2 is 2.33 bits per heavy atom. The summed E-state index contributed by atoms with van der Waals surface area (Å²) >= 11 is 6.32. The molecule has 3 nitrogen and oxygen atoms in total. The van der Waals surface area contributed by atoms with Gasteiger partial charge in [-0.25, -0.2) is 4.98 Å². The minimum Gasteiger partial charge on any atom is -0.330 e. The van der Waals surface area contributed by atoms with E-state index >= 15 is 0 Å². The van der Waals surface area contributed by atoms with Gasteiger partial charge in [-0.2, -0.15) is 0 Å². The van der Waals surface area contributed by atoms with Crippen LogP contribution in [0.2, 0.25) is 5.02 Å². The minimum atomic E-state index is 0.709. The summed E-state index contributed by atoms with van der Waals surface area (Å²) < 4.78 is 2.15. The average molecular weight is 264 g/mol. The molecule has 0 amide bonds. The third-order valence-corrected chi connectivity index (χ3v) is 4.08. The molecular weight excluding hydrogens is 246 g/mol. The number of aromatic nitrogens is 2. The maximum atomic E-state index is 6.32. The lowest BCUT2D eigenvalue weighted by Crippen LogP contribution is -2.12. The van der Waals surface area contributed by atoms with Crippen molar-refractivity contribution in [2.45, 2.75) is 19.8 Å². The second-order valence-corrected chi connectivity index (χ2v) is 5.67. The summed E-state index contributed by atoms with van der Waals surface area (Å²) in [5.74, 6) is 1.85. The van der Waals surface area contributed by atoms with Crippen LogP contribution in [-0.4, -0.2) is 22.6 Å². The molecule has 0 bridgehead atoms. The molecule has 0 aliphatic carbocycles. The fraction of sp³-hybridized carbons (Fsp3) is 0.500. The van der Waals surface area contributed by atoms with E-state index in [2.05, 4.69) is 29.9 Å². The number of fused-ring (bicyclic) bond motifs is 1. The quantitative estimate of drug-likeness (QED) is 0.903. The van der Waals surface area contributed by atoms with Gasteiger partial charge in [0.1, 0.15) is 5.82 Å². The Morgan fingerprint density at radius 1 is 1.50 bits per heavy atom. The van der Waals surface area contributed by atoms with Gasteiger partial charge in [0.05, 0.1) is 16.1 Å². The molecule has 1 aromatic carbocycles. The Kier molecular flexibility index (Phi) is 3.04. The maximum Gasteiger partial charge on any atom is 0.109 e. The van der Waals surface area contributed by atoms with Crippen LogP contribution in [0, 0.1) is 12.8 Å². The van der Waals surface area contributed by atoms with Gasteiger partial charge in [-0.3, -0.25) is 0 Å². The van der Waals surface area contributed by atoms with Crippen molar-refractivity contribution in [3.8, 4) is 0 Å². The van der Waals surface area contributed by atoms with Crippen LogP contribution in [0.5, 0.6) is 0 Å². The highest BCUT2D eigenvalue weighted by molar-refractivity contribution is 6.35. The van der Waals surface area contributed by atoms with Crippen molar-refractivity contribution in [1.82, 2.24) is 14.9 Å². The van der Waals surface area contributed by atoms with Gasteiger partial charge in [-0.05, 0) is 50.0 Å². The van der Waals surface area contributed by atoms with Gasteiger partial charge in [0, 0.05) is 13.5 Å². The van der Waals surface area contributed by atoms with Crippen molar-refractivity contribution >= 4 is 22.6 Å². The predicted octanol–water partition coefficient (Wildman–Crippen LogP) is 2.69. The zero-order valence-electron chi connectivity index (χ0n) is 10.8. The number of rotatable bonds is 2. The summed E-state index contributed by atoms with van der Waals surface area (Å²) in [6, 6.07) is 4.12. The first kappa shape index (κ1) is 12.0. The summed E-state index contributed by atoms with van der Waals surface area (Å²) in [4.78, 5) is 4.75. The van der Waals surface area contributed by atoms with Crippen molar-refractivity contribution < 1.29 is 0 Å². The molecule has 1 aliphatic rings. The monoisotopic (exact) mass is 263 g/mol. The van der Waals surface area contributed by atoms with E-state index in [-0.39, 0.29) is 0 Å². The highest BCUT2D eigenvalue weighted by Gasteiger charge is 2.19. The van der Waals surface area contributed by atoms with Crippen LogP contribution in [0.25, 0.3) is 11.0 Å². The molecule has 18 heavy (non-hydrogen) atoms. The van der Waals surface area contributed by atoms with Gasteiger partial charge in [0.2, 0.25) is 0 Å². The molecule has 1 atom stereocenters. The van der Waals surface area contributed by atoms with E-state index in [1.807, 2.05) is 6.07 Å². The third-order valence-electron chi connectivity index (χ3n) is 3.79. The van der Waals surface area contributed by atoms with Crippen LogP contribution in [0.1, 0.15) is 17.8 Å². The Bertz CT molecular complexity index is 582. The van der Waals surface area contributed by atoms with Crippen molar-refractivity contribution in [2.24, 2.45) is 13.0 Å². The second kappa shape index (κ2) is 4.56. The summed E-state index contributed by atoms with van der Waals surface area (Å²) in [5.41, 5.74) is 3.24. The van der Waals surface area contributed by atoms with E-state index in [0.717, 1.165) is 41.4 Å². The summed E-state index contributed by atoms with van der Waals surface area (Å²) in [6.07, 6.45) is 2.28. The third kappa shape index (κ3) is 2.02. The van der Waals surface area contributed by atoms with Gasteiger partial charge in [-0.1, -0.05) is 11.6 Å². The second-order valence-electron chi connectivity index (χ2n) is 5.26. The lowest BCUT2D eigenvalue weighted by Gasteiger charge is -2.08. The molecule has 96 valence electrons. The normalized spacial score (nSPS) is 19.8. The largest absolute Gasteiger partial charge is 0.330 e. The Labute approximate surface area is 112 Å². The van der Waals surface area contributed by atoms with Crippen molar-refractivity contribution in [1.29, 1.82) is 0 Å². The molecule has 4 heteroatoms. The summed E-state index contributed by atoms with van der Waals surface area (Å²) in [5, 5.41) is 4.20. The number of nitrogens with one attached hydrogen (secondary N) is 1. The number of benzene rings is 1. The number of halogens is 1. The van der Waals surface area contributed by atoms with E-state index in [0.29, 0.717) is 5.92 Å². The van der Waals surface area contributed by atoms with E-state index in [1.165, 1.54) is 12.0 Å². The molecule has 1 aliphatic heterocycles. The Balaban J connectivity index is 2.02. The van der Waals surface area contributed by atoms with Gasteiger partial charge < -0.3 is 9.88 Å². The molecule has 1 aromatic heterocycles. The van der Waals surface area contributed by atoms with Crippen LogP contribution in [0.15, 0.2) is 12.1 Å². The standard InChI is InChI=1S/C14H18ClN3/c1-9-5-11(15)14-12(6-9)17-13(18(14)2)7-10-3-4-16-8-10/h5-6,10,16H,3-4,7-8H2,1-2H3. The van der Waals surface area contributed by atoms with Gasteiger partial charge in [-0.15, -0.1) is 0 Å². The molecule has 0 radical (unpaired) electrons. The molecule has 1 fully saturated rings. The molecule has 2 aromatic rings. The topological polar surface area (TPSA) is 29.9 Å². The first-order valence-electron chi connectivity index (χ1n) is 6.47. The molecule has 2 heterocycles. The smallest absolute Gasteiger partial charge is 0.109 e. The lowest BCUT2D eigenvalue weighted by atomic mass is 10.0. The molecule has 1 saturated heterocycles. The SMILES string of the molecule is Cc1cc(Cl)c2c(c1)nc(CC1CCNC1)n2C. The van der Waals surface area contributed by atoms with Crippen LogP contribution in [0.4, 0.5) is 0 Å². The van der Waals surface area contributed by atoms with Crippen LogP contribution < -0.4 is 5.32 Å². The lowest BCUT2D eigenvalue weighted by molar-refractivity contribution is 0.552. The number of nitrogens with zero attached hydrogens (tertiary/aromatic N) is 2. The summed E-state index contributed by atoms with van der Waals surface area (Å²) in [6.45, 7) is 4.30. The first-order chi connectivity index (χ1) is 8.65. The Morgan fingerprint density at radius 3 is 3.06 bits per heavy atom. The van der Waals surface area contributed by atoms with E-state index in [1.54, 1.807) is 0 Å². The van der Waals surface area contributed by atoms with E-state index in [9.17, 15) is 0 Å². The summed E-state index contributed by atoms with van der Waals surface area (Å²) in [7, 11) is 2.06.